The summed E-state index contributed by atoms with van der Waals surface area (Å²) in [6.07, 6.45) is 2.20. The van der Waals surface area contributed by atoms with Gasteiger partial charge in [0.05, 0.1) is 7.11 Å². The van der Waals surface area contributed by atoms with Gasteiger partial charge in [0.2, 0.25) is 0 Å². The molecule has 0 fully saturated rings. The van der Waals surface area contributed by atoms with Crippen molar-refractivity contribution in [2.75, 3.05) is 7.11 Å². The highest BCUT2D eigenvalue weighted by molar-refractivity contribution is 5.71. The molecular formula is C17H28O9. The average Bonchev–Trinajstić information content (AvgIpc) is 2.53. The van der Waals surface area contributed by atoms with Crippen LogP contribution < -0.4 is 0 Å². The van der Waals surface area contributed by atoms with Crippen LogP contribution in [0.1, 0.15) is 72.1 Å². The van der Waals surface area contributed by atoms with E-state index in [4.69, 9.17) is 4.74 Å². The monoisotopic (exact) mass is 376 g/mol. The predicted molar refractivity (Wildman–Crippen MR) is 88.1 cm³/mol. The lowest BCUT2D eigenvalue weighted by molar-refractivity contribution is -0.459. The molecule has 0 bridgehead atoms. The van der Waals surface area contributed by atoms with Crippen LogP contribution in [0.25, 0.3) is 0 Å². The smallest absolute Gasteiger partial charge is 0.346 e. The second-order valence-corrected chi connectivity index (χ2v) is 6.56. The SMILES string of the molecule is COC(=O)CCCCC(=O)OOOC(=O)CCCCC(=O)OC(C)(C)C. The zero-order chi connectivity index (χ0) is 20.0. The largest absolute Gasteiger partial charge is 0.469 e. The van der Waals surface area contributed by atoms with E-state index in [0.29, 0.717) is 25.7 Å². The van der Waals surface area contributed by atoms with Gasteiger partial charge in [-0.05, 0) is 46.5 Å². The molecule has 150 valence electrons. The van der Waals surface area contributed by atoms with E-state index in [2.05, 4.69) is 19.6 Å². The minimum atomic E-state index is -0.715. The summed E-state index contributed by atoms with van der Waals surface area (Å²) in [6.45, 7) is 5.33. The maximum absolute atomic E-state index is 11.5. The first-order chi connectivity index (χ1) is 12.1. The van der Waals surface area contributed by atoms with Crippen LogP contribution in [-0.4, -0.2) is 36.6 Å². The molecule has 0 N–H and O–H groups in total. The van der Waals surface area contributed by atoms with E-state index in [1.165, 1.54) is 7.11 Å². The van der Waals surface area contributed by atoms with E-state index in [9.17, 15) is 19.2 Å². The Labute approximate surface area is 153 Å². The number of carbonyl (C=O) groups excluding carboxylic acids is 4. The minimum Gasteiger partial charge on any atom is -0.469 e. The molecule has 0 aliphatic carbocycles. The Morgan fingerprint density at radius 2 is 1.04 bits per heavy atom. The molecule has 0 saturated heterocycles. The zero-order valence-electron chi connectivity index (χ0n) is 15.8. The summed E-state index contributed by atoms with van der Waals surface area (Å²) in [7, 11) is 1.29. The molecule has 0 rings (SSSR count). The van der Waals surface area contributed by atoms with Crippen LogP contribution in [0, 0.1) is 0 Å². The molecule has 0 saturated carbocycles. The van der Waals surface area contributed by atoms with E-state index in [0.717, 1.165) is 0 Å². The van der Waals surface area contributed by atoms with Crippen LogP contribution in [0.5, 0.6) is 0 Å². The first-order valence-corrected chi connectivity index (χ1v) is 8.49. The van der Waals surface area contributed by atoms with Crippen molar-refractivity contribution in [1.82, 2.24) is 0 Å². The summed E-state index contributed by atoms with van der Waals surface area (Å²) in [5, 5.41) is 4.12. The number of hydrogen-bond donors (Lipinski definition) is 0. The number of methoxy groups -OCH3 is 1. The zero-order valence-corrected chi connectivity index (χ0v) is 15.8. The third kappa shape index (κ3) is 15.4. The number of hydrogen-bond acceptors (Lipinski definition) is 9. The van der Waals surface area contributed by atoms with Crippen LogP contribution in [0.3, 0.4) is 0 Å². The van der Waals surface area contributed by atoms with Gasteiger partial charge in [0, 0.05) is 30.7 Å². The van der Waals surface area contributed by atoms with E-state index in [-0.39, 0.29) is 37.6 Å². The van der Waals surface area contributed by atoms with Crippen LogP contribution in [-0.2, 0) is 43.5 Å². The Hall–Kier alpha value is -2.16. The Bertz CT molecular complexity index is 465. The summed E-state index contributed by atoms with van der Waals surface area (Å²) in [4.78, 5) is 53.5. The number of carbonyl (C=O) groups is 4. The number of unbranched alkanes of at least 4 members (excludes halogenated alkanes) is 2. The van der Waals surface area contributed by atoms with Gasteiger partial charge in [0.1, 0.15) is 5.60 Å². The van der Waals surface area contributed by atoms with Crippen molar-refractivity contribution in [1.29, 1.82) is 0 Å². The summed E-state index contributed by atoms with van der Waals surface area (Å²) < 4.78 is 9.59. The van der Waals surface area contributed by atoms with E-state index in [1.807, 2.05) is 0 Å². The fourth-order valence-corrected chi connectivity index (χ4v) is 1.75. The highest BCUT2D eigenvalue weighted by Crippen LogP contribution is 2.11. The maximum Gasteiger partial charge on any atom is 0.346 e. The fraction of sp³-hybridized carbons (Fsp3) is 0.765. The Balaban J connectivity index is 3.60. The highest BCUT2D eigenvalue weighted by atomic mass is 17.5. The molecule has 0 aliphatic heterocycles. The van der Waals surface area contributed by atoms with Crippen LogP contribution in [0.15, 0.2) is 0 Å². The molecule has 26 heavy (non-hydrogen) atoms. The van der Waals surface area contributed by atoms with E-state index >= 15 is 0 Å². The van der Waals surface area contributed by atoms with E-state index < -0.39 is 17.5 Å². The minimum absolute atomic E-state index is 0.0134. The molecule has 0 aromatic heterocycles. The first kappa shape index (κ1) is 23.8. The fourth-order valence-electron chi connectivity index (χ4n) is 1.75. The lowest BCUT2D eigenvalue weighted by Gasteiger charge is -2.19. The van der Waals surface area contributed by atoms with Gasteiger partial charge in [-0.3, -0.25) is 19.4 Å². The van der Waals surface area contributed by atoms with Crippen molar-refractivity contribution in [3.05, 3.63) is 0 Å². The first-order valence-electron chi connectivity index (χ1n) is 8.49. The summed E-state index contributed by atoms with van der Waals surface area (Å²) in [5.41, 5.74) is -0.535. The maximum atomic E-state index is 11.5. The molecule has 9 heteroatoms. The van der Waals surface area contributed by atoms with Gasteiger partial charge in [-0.25, -0.2) is 9.59 Å². The molecule has 0 atom stereocenters. The third-order valence-corrected chi connectivity index (χ3v) is 2.93. The number of esters is 2. The van der Waals surface area contributed by atoms with Gasteiger partial charge in [-0.1, -0.05) is 0 Å². The van der Waals surface area contributed by atoms with Gasteiger partial charge >= 0.3 is 23.9 Å². The van der Waals surface area contributed by atoms with E-state index in [1.54, 1.807) is 20.8 Å². The Morgan fingerprint density at radius 1 is 0.654 bits per heavy atom. The van der Waals surface area contributed by atoms with Gasteiger partial charge in [-0.2, -0.15) is 0 Å². The van der Waals surface area contributed by atoms with Crippen molar-refractivity contribution >= 4 is 23.9 Å². The molecule has 0 radical (unpaired) electrons. The molecule has 0 amide bonds. The quantitative estimate of drug-likeness (QED) is 0.219. The van der Waals surface area contributed by atoms with Crippen molar-refractivity contribution < 1.29 is 43.5 Å². The van der Waals surface area contributed by atoms with Crippen molar-refractivity contribution in [3.8, 4) is 0 Å². The highest BCUT2D eigenvalue weighted by Gasteiger charge is 2.16. The van der Waals surface area contributed by atoms with Gasteiger partial charge < -0.3 is 9.47 Å². The van der Waals surface area contributed by atoms with Gasteiger partial charge in [0.15, 0.2) is 0 Å². The predicted octanol–water partition coefficient (Wildman–Crippen LogP) is 2.55. The van der Waals surface area contributed by atoms with Crippen LogP contribution in [0.2, 0.25) is 0 Å². The van der Waals surface area contributed by atoms with Crippen LogP contribution in [0.4, 0.5) is 0 Å². The van der Waals surface area contributed by atoms with Crippen molar-refractivity contribution in [3.63, 3.8) is 0 Å². The average molecular weight is 376 g/mol. The lowest BCUT2D eigenvalue weighted by atomic mass is 10.1. The topological polar surface area (TPSA) is 114 Å². The molecule has 0 unspecified atom stereocenters. The molecule has 0 aromatic carbocycles. The van der Waals surface area contributed by atoms with Crippen molar-refractivity contribution in [2.45, 2.75) is 77.7 Å². The normalized spacial score (nSPS) is 10.8. The third-order valence-electron chi connectivity index (χ3n) is 2.93. The summed E-state index contributed by atoms with van der Waals surface area (Å²) in [6, 6.07) is 0. The Kier molecular flexibility index (Phi) is 12.0. The molecule has 9 nitrogen and oxygen atoms in total. The second-order valence-electron chi connectivity index (χ2n) is 6.56. The van der Waals surface area contributed by atoms with Gasteiger partial charge in [0.25, 0.3) is 0 Å². The van der Waals surface area contributed by atoms with Crippen molar-refractivity contribution in [2.24, 2.45) is 0 Å². The van der Waals surface area contributed by atoms with Crippen LogP contribution >= 0.6 is 0 Å². The summed E-state index contributed by atoms with van der Waals surface area (Å²) in [5.74, 6) is -2.11. The number of rotatable bonds is 12. The lowest BCUT2D eigenvalue weighted by Crippen LogP contribution is -2.23. The molecule has 0 heterocycles. The molecule has 0 aliphatic rings. The standard InChI is InChI=1S/C17H28O9/c1-17(2,3)23-14(19)10-6-8-12-16(21)25-26-24-15(20)11-7-5-9-13(18)22-4/h5-12H2,1-4H3. The molecule has 0 aromatic rings. The Morgan fingerprint density at radius 3 is 1.42 bits per heavy atom. The molecule has 0 spiro atoms. The second kappa shape index (κ2) is 13.1. The summed E-state index contributed by atoms with van der Waals surface area (Å²) >= 11 is 0. The van der Waals surface area contributed by atoms with Gasteiger partial charge in [-0.15, -0.1) is 0 Å². The molecular weight excluding hydrogens is 348 g/mol. The number of ether oxygens (including phenoxy) is 2.